The van der Waals surface area contributed by atoms with Crippen LogP contribution in [0.5, 0.6) is 0 Å². The molecule has 0 aliphatic carbocycles. The van der Waals surface area contributed by atoms with Crippen LogP contribution >= 0.6 is 11.3 Å². The van der Waals surface area contributed by atoms with Gasteiger partial charge in [0, 0.05) is 0 Å². The van der Waals surface area contributed by atoms with Gasteiger partial charge in [-0.2, -0.15) is 0 Å². The van der Waals surface area contributed by atoms with Gasteiger partial charge < -0.3 is 10.5 Å². The third-order valence-electron chi connectivity index (χ3n) is 2.24. The van der Waals surface area contributed by atoms with Crippen molar-refractivity contribution in [2.45, 2.75) is 12.5 Å². The third-order valence-corrected chi connectivity index (χ3v) is 3.41. The molecule has 1 unspecified atom stereocenters. The summed E-state index contributed by atoms with van der Waals surface area (Å²) >= 11 is 1.51. The normalized spacial score (nSPS) is 12.6. The van der Waals surface area contributed by atoms with Crippen molar-refractivity contribution in [3.8, 4) is 0 Å². The van der Waals surface area contributed by atoms with Gasteiger partial charge in [-0.3, -0.25) is 4.79 Å². The van der Waals surface area contributed by atoms with Crippen LogP contribution in [0.1, 0.15) is 17.5 Å². The quantitative estimate of drug-likeness (QED) is 0.826. The fourth-order valence-corrected chi connectivity index (χ4v) is 2.37. The van der Waals surface area contributed by atoms with Gasteiger partial charge in [-0.25, -0.2) is 4.98 Å². The lowest BCUT2D eigenvalue weighted by molar-refractivity contribution is -0.141. The molecule has 5 heteroatoms. The number of methoxy groups -OCH3 is 1. The number of nitrogens with two attached hydrogens (primary N) is 1. The van der Waals surface area contributed by atoms with E-state index in [0.29, 0.717) is 0 Å². The summed E-state index contributed by atoms with van der Waals surface area (Å²) in [7, 11) is 1.35. The SMILES string of the molecule is COC(=O)CC(N)c1nc2ccccc2s1. The van der Waals surface area contributed by atoms with E-state index < -0.39 is 0 Å². The molecule has 0 spiro atoms. The smallest absolute Gasteiger partial charge is 0.307 e. The molecule has 0 saturated carbocycles. The lowest BCUT2D eigenvalue weighted by Gasteiger charge is -2.05. The fourth-order valence-electron chi connectivity index (χ4n) is 1.40. The van der Waals surface area contributed by atoms with Crippen LogP contribution in [-0.4, -0.2) is 18.1 Å². The molecule has 0 saturated heterocycles. The maximum atomic E-state index is 11.1. The average molecular weight is 236 g/mol. The molecule has 4 nitrogen and oxygen atoms in total. The predicted molar refractivity (Wildman–Crippen MR) is 63.2 cm³/mol. The Kier molecular flexibility index (Phi) is 3.17. The molecule has 0 aliphatic heterocycles. The highest BCUT2D eigenvalue weighted by molar-refractivity contribution is 7.18. The first-order valence-corrected chi connectivity index (χ1v) is 5.70. The van der Waals surface area contributed by atoms with E-state index in [9.17, 15) is 4.79 Å². The van der Waals surface area contributed by atoms with E-state index in [4.69, 9.17) is 5.73 Å². The molecule has 2 aromatic rings. The predicted octanol–water partition coefficient (Wildman–Crippen LogP) is 1.86. The standard InChI is InChI=1S/C11H12N2O2S/c1-15-10(14)6-7(12)11-13-8-4-2-3-5-9(8)16-11/h2-5,7H,6,12H2,1H3. The van der Waals surface area contributed by atoms with Crippen molar-refractivity contribution in [2.75, 3.05) is 7.11 Å². The second-order valence-electron chi connectivity index (χ2n) is 3.41. The largest absolute Gasteiger partial charge is 0.469 e. The van der Waals surface area contributed by atoms with Gasteiger partial charge in [0.05, 0.1) is 29.8 Å². The Morgan fingerprint density at radius 2 is 2.31 bits per heavy atom. The first kappa shape index (κ1) is 11.0. The molecule has 1 atom stereocenters. The van der Waals surface area contributed by atoms with E-state index >= 15 is 0 Å². The zero-order valence-electron chi connectivity index (χ0n) is 8.84. The van der Waals surface area contributed by atoms with Crippen molar-refractivity contribution in [3.05, 3.63) is 29.3 Å². The summed E-state index contributed by atoms with van der Waals surface area (Å²) in [6, 6.07) is 7.42. The third kappa shape index (κ3) is 2.20. The molecule has 1 heterocycles. The number of ether oxygens (including phenoxy) is 1. The fraction of sp³-hybridized carbons (Fsp3) is 0.273. The number of aromatic nitrogens is 1. The molecule has 0 aliphatic rings. The van der Waals surface area contributed by atoms with Gasteiger partial charge >= 0.3 is 5.97 Å². The minimum absolute atomic E-state index is 0.163. The number of carbonyl (C=O) groups excluding carboxylic acids is 1. The van der Waals surface area contributed by atoms with Gasteiger partial charge in [0.25, 0.3) is 0 Å². The van der Waals surface area contributed by atoms with Crippen molar-refractivity contribution in [1.29, 1.82) is 0 Å². The summed E-state index contributed by atoms with van der Waals surface area (Å²) in [5.41, 5.74) is 6.80. The van der Waals surface area contributed by atoms with E-state index in [1.807, 2.05) is 24.3 Å². The van der Waals surface area contributed by atoms with Crippen LogP contribution in [0.15, 0.2) is 24.3 Å². The Morgan fingerprint density at radius 3 is 3.00 bits per heavy atom. The van der Waals surface area contributed by atoms with Crippen molar-refractivity contribution < 1.29 is 9.53 Å². The molecule has 1 aromatic heterocycles. The van der Waals surface area contributed by atoms with Gasteiger partial charge in [-0.05, 0) is 12.1 Å². The molecule has 0 fully saturated rings. The number of hydrogen-bond acceptors (Lipinski definition) is 5. The number of carbonyl (C=O) groups is 1. The highest BCUT2D eigenvalue weighted by atomic mass is 32.1. The van der Waals surface area contributed by atoms with E-state index in [1.54, 1.807) is 0 Å². The van der Waals surface area contributed by atoms with E-state index in [0.717, 1.165) is 15.2 Å². The molecule has 0 amide bonds. The molecular weight excluding hydrogens is 224 g/mol. The number of esters is 1. The van der Waals surface area contributed by atoms with Crippen molar-refractivity contribution >= 4 is 27.5 Å². The van der Waals surface area contributed by atoms with Gasteiger partial charge in [0.15, 0.2) is 0 Å². The Labute approximate surface area is 97.0 Å². The number of rotatable bonds is 3. The topological polar surface area (TPSA) is 65.2 Å². The van der Waals surface area contributed by atoms with E-state index in [2.05, 4.69) is 9.72 Å². The highest BCUT2D eigenvalue weighted by Gasteiger charge is 2.15. The Balaban J connectivity index is 2.23. The monoisotopic (exact) mass is 236 g/mol. The molecular formula is C11H12N2O2S. The first-order valence-electron chi connectivity index (χ1n) is 4.88. The minimum atomic E-state index is -0.384. The van der Waals surface area contributed by atoms with E-state index in [-0.39, 0.29) is 18.4 Å². The molecule has 2 N–H and O–H groups in total. The molecule has 16 heavy (non-hydrogen) atoms. The Morgan fingerprint density at radius 1 is 1.56 bits per heavy atom. The molecule has 84 valence electrons. The van der Waals surface area contributed by atoms with Crippen LogP contribution < -0.4 is 5.73 Å². The number of fused-ring (bicyclic) bond motifs is 1. The van der Waals surface area contributed by atoms with Crippen LogP contribution in [0.25, 0.3) is 10.2 Å². The van der Waals surface area contributed by atoms with Gasteiger partial charge in [0.1, 0.15) is 5.01 Å². The summed E-state index contributed by atoms with van der Waals surface area (Å²) in [5.74, 6) is -0.313. The molecule has 0 radical (unpaired) electrons. The lowest BCUT2D eigenvalue weighted by atomic mass is 10.2. The maximum absolute atomic E-state index is 11.1. The second kappa shape index (κ2) is 4.59. The van der Waals surface area contributed by atoms with Crippen LogP contribution in [0, 0.1) is 0 Å². The summed E-state index contributed by atoms with van der Waals surface area (Å²) in [6.07, 6.45) is 0.163. The number of hydrogen-bond donors (Lipinski definition) is 1. The van der Waals surface area contributed by atoms with Crippen LogP contribution in [0.3, 0.4) is 0 Å². The van der Waals surface area contributed by atoms with E-state index in [1.165, 1.54) is 18.4 Å². The summed E-state index contributed by atoms with van der Waals surface area (Å²) in [6.45, 7) is 0. The lowest BCUT2D eigenvalue weighted by Crippen LogP contribution is -2.15. The summed E-state index contributed by atoms with van der Waals surface area (Å²) < 4.78 is 5.66. The zero-order chi connectivity index (χ0) is 11.5. The molecule has 0 bridgehead atoms. The second-order valence-corrected chi connectivity index (χ2v) is 4.47. The van der Waals surface area contributed by atoms with Gasteiger partial charge in [-0.15, -0.1) is 11.3 Å². The van der Waals surface area contributed by atoms with Crippen LogP contribution in [-0.2, 0) is 9.53 Å². The minimum Gasteiger partial charge on any atom is -0.469 e. The molecule has 1 aromatic carbocycles. The van der Waals surface area contributed by atoms with Crippen LogP contribution in [0.2, 0.25) is 0 Å². The van der Waals surface area contributed by atoms with Crippen LogP contribution in [0.4, 0.5) is 0 Å². The number of benzene rings is 1. The maximum Gasteiger partial charge on any atom is 0.307 e. The highest BCUT2D eigenvalue weighted by Crippen LogP contribution is 2.26. The van der Waals surface area contributed by atoms with Crippen molar-refractivity contribution in [1.82, 2.24) is 4.98 Å². The summed E-state index contributed by atoms with van der Waals surface area (Å²) in [4.78, 5) is 15.5. The Hall–Kier alpha value is -1.46. The van der Waals surface area contributed by atoms with Gasteiger partial charge in [0.2, 0.25) is 0 Å². The molecule has 2 rings (SSSR count). The number of nitrogens with zero attached hydrogens (tertiary/aromatic N) is 1. The number of para-hydroxylation sites is 1. The van der Waals surface area contributed by atoms with Gasteiger partial charge in [-0.1, -0.05) is 12.1 Å². The Bertz CT molecular complexity index is 476. The first-order chi connectivity index (χ1) is 7.70. The summed E-state index contributed by atoms with van der Waals surface area (Å²) in [5, 5.41) is 0.770. The number of thiazole rings is 1. The average Bonchev–Trinajstić information content (AvgIpc) is 2.72. The zero-order valence-corrected chi connectivity index (χ0v) is 9.66. The van der Waals surface area contributed by atoms with Crippen molar-refractivity contribution in [2.24, 2.45) is 5.73 Å². The van der Waals surface area contributed by atoms with Crippen molar-refractivity contribution in [3.63, 3.8) is 0 Å².